The van der Waals surface area contributed by atoms with E-state index in [2.05, 4.69) is 10.6 Å². The summed E-state index contributed by atoms with van der Waals surface area (Å²) in [6.07, 6.45) is 0.853. The highest BCUT2D eigenvalue weighted by molar-refractivity contribution is 5.85. The van der Waals surface area contributed by atoms with Crippen LogP contribution < -0.4 is 16.4 Å². The topological polar surface area (TPSA) is 67.1 Å². The van der Waals surface area contributed by atoms with E-state index in [0.29, 0.717) is 6.54 Å². The molecule has 1 fully saturated rings. The number of nitrogens with two attached hydrogens (primary N) is 1. The van der Waals surface area contributed by atoms with Gasteiger partial charge in [0.25, 0.3) is 0 Å². The van der Waals surface area contributed by atoms with Crippen molar-refractivity contribution in [3.05, 3.63) is 29.8 Å². The molecule has 0 radical (unpaired) electrons. The molecule has 4 nitrogen and oxygen atoms in total. The highest BCUT2D eigenvalue weighted by atomic mass is 35.5. The molecule has 1 heterocycles. The van der Waals surface area contributed by atoms with E-state index in [1.165, 1.54) is 5.56 Å². The quantitative estimate of drug-likeness (QED) is 0.725. The summed E-state index contributed by atoms with van der Waals surface area (Å²) in [7, 11) is 0. The Labute approximate surface area is 120 Å². The van der Waals surface area contributed by atoms with Crippen molar-refractivity contribution in [2.24, 2.45) is 5.92 Å². The van der Waals surface area contributed by atoms with Crippen molar-refractivity contribution in [1.29, 1.82) is 0 Å². The molecule has 0 saturated carbocycles. The van der Waals surface area contributed by atoms with Crippen LogP contribution in [0.1, 0.15) is 5.56 Å². The summed E-state index contributed by atoms with van der Waals surface area (Å²) in [4.78, 5) is 11.5. The second kappa shape index (κ2) is 8.19. The summed E-state index contributed by atoms with van der Waals surface area (Å²) < 4.78 is 0. The first-order valence-corrected chi connectivity index (χ1v) is 5.58. The van der Waals surface area contributed by atoms with Crippen LogP contribution in [0.3, 0.4) is 0 Å². The molecule has 4 N–H and O–H groups in total. The molecule has 1 saturated heterocycles. The average Bonchev–Trinajstić information content (AvgIpc) is 2.18. The Hall–Kier alpha value is -0.970. The SMILES string of the molecule is Cl.Cl.Nc1ccc(CCNC(=O)C2CNC2)cc1. The molecule has 1 amide bonds. The summed E-state index contributed by atoms with van der Waals surface area (Å²) in [5.74, 6) is 0.334. The van der Waals surface area contributed by atoms with Gasteiger partial charge in [0.2, 0.25) is 5.91 Å². The lowest BCUT2D eigenvalue weighted by Gasteiger charge is -2.25. The fourth-order valence-electron chi connectivity index (χ4n) is 1.63. The van der Waals surface area contributed by atoms with E-state index in [9.17, 15) is 4.79 Å². The molecular weight excluding hydrogens is 273 g/mol. The highest BCUT2D eigenvalue weighted by Crippen LogP contribution is 2.06. The summed E-state index contributed by atoms with van der Waals surface area (Å²) >= 11 is 0. The molecule has 18 heavy (non-hydrogen) atoms. The van der Waals surface area contributed by atoms with E-state index in [4.69, 9.17) is 5.73 Å². The van der Waals surface area contributed by atoms with Crippen LogP contribution in [0, 0.1) is 5.92 Å². The number of carbonyl (C=O) groups is 1. The van der Waals surface area contributed by atoms with Gasteiger partial charge in [0.05, 0.1) is 5.92 Å². The maximum Gasteiger partial charge on any atom is 0.225 e. The standard InChI is InChI=1S/C12H17N3O.2ClH/c13-11-3-1-9(2-4-11)5-6-15-12(16)10-7-14-8-10;;/h1-4,10,14H,5-8,13H2,(H,15,16);2*1H. The number of anilines is 1. The van der Waals surface area contributed by atoms with Crippen molar-refractivity contribution in [2.45, 2.75) is 6.42 Å². The largest absolute Gasteiger partial charge is 0.399 e. The first kappa shape index (κ1) is 17.0. The van der Waals surface area contributed by atoms with Crippen LogP contribution in [-0.4, -0.2) is 25.5 Å². The fraction of sp³-hybridized carbons (Fsp3) is 0.417. The Bertz CT molecular complexity index is 366. The van der Waals surface area contributed by atoms with E-state index in [0.717, 1.165) is 25.2 Å². The average molecular weight is 292 g/mol. The van der Waals surface area contributed by atoms with Crippen LogP contribution in [0.5, 0.6) is 0 Å². The minimum Gasteiger partial charge on any atom is -0.399 e. The molecule has 0 aliphatic carbocycles. The molecule has 0 spiro atoms. The van der Waals surface area contributed by atoms with Gasteiger partial charge in [0, 0.05) is 25.3 Å². The molecule has 1 aromatic carbocycles. The summed E-state index contributed by atoms with van der Waals surface area (Å²) in [6, 6.07) is 7.75. The van der Waals surface area contributed by atoms with Crippen LogP contribution in [0.25, 0.3) is 0 Å². The monoisotopic (exact) mass is 291 g/mol. The number of hydrogen-bond donors (Lipinski definition) is 3. The van der Waals surface area contributed by atoms with Gasteiger partial charge in [-0.05, 0) is 24.1 Å². The van der Waals surface area contributed by atoms with Crippen LogP contribution in [0.4, 0.5) is 5.69 Å². The zero-order valence-electron chi connectivity index (χ0n) is 10.0. The van der Waals surface area contributed by atoms with Crippen molar-refractivity contribution >= 4 is 36.4 Å². The molecule has 0 atom stereocenters. The lowest BCUT2D eigenvalue weighted by atomic mass is 10.0. The maximum absolute atomic E-state index is 11.5. The third-order valence-corrected chi connectivity index (χ3v) is 2.84. The number of amides is 1. The number of hydrogen-bond acceptors (Lipinski definition) is 3. The lowest BCUT2D eigenvalue weighted by Crippen LogP contribution is -2.51. The van der Waals surface area contributed by atoms with Crippen molar-refractivity contribution in [3.63, 3.8) is 0 Å². The van der Waals surface area contributed by atoms with Crippen molar-refractivity contribution in [3.8, 4) is 0 Å². The van der Waals surface area contributed by atoms with E-state index in [1.54, 1.807) is 0 Å². The molecule has 2 rings (SSSR count). The zero-order chi connectivity index (χ0) is 11.4. The van der Waals surface area contributed by atoms with Gasteiger partial charge in [0.15, 0.2) is 0 Å². The van der Waals surface area contributed by atoms with Gasteiger partial charge in [-0.25, -0.2) is 0 Å². The Morgan fingerprint density at radius 2 is 1.89 bits per heavy atom. The first-order chi connectivity index (χ1) is 7.75. The number of rotatable bonds is 4. The van der Waals surface area contributed by atoms with Gasteiger partial charge in [-0.3, -0.25) is 4.79 Å². The predicted molar refractivity (Wildman–Crippen MR) is 78.4 cm³/mol. The van der Waals surface area contributed by atoms with Gasteiger partial charge < -0.3 is 16.4 Å². The number of nitrogens with one attached hydrogen (secondary N) is 2. The summed E-state index contributed by atoms with van der Waals surface area (Å²) in [5, 5.41) is 6.02. The molecule has 1 aliphatic rings. The Morgan fingerprint density at radius 1 is 1.28 bits per heavy atom. The molecule has 0 unspecified atom stereocenters. The molecule has 102 valence electrons. The van der Waals surface area contributed by atoms with Crippen molar-refractivity contribution < 1.29 is 4.79 Å². The van der Waals surface area contributed by atoms with Gasteiger partial charge in [-0.2, -0.15) is 0 Å². The zero-order valence-corrected chi connectivity index (χ0v) is 11.7. The second-order valence-electron chi connectivity index (χ2n) is 4.14. The highest BCUT2D eigenvalue weighted by Gasteiger charge is 2.23. The van der Waals surface area contributed by atoms with Crippen LogP contribution >= 0.6 is 24.8 Å². The molecule has 1 aliphatic heterocycles. The van der Waals surface area contributed by atoms with E-state index in [-0.39, 0.29) is 36.6 Å². The van der Waals surface area contributed by atoms with Gasteiger partial charge in [0.1, 0.15) is 0 Å². The lowest BCUT2D eigenvalue weighted by molar-refractivity contribution is -0.126. The summed E-state index contributed by atoms with van der Waals surface area (Å²) in [5.41, 5.74) is 7.56. The number of nitrogen functional groups attached to an aromatic ring is 1. The Balaban J connectivity index is 0.00000144. The summed E-state index contributed by atoms with van der Waals surface area (Å²) in [6.45, 7) is 2.32. The Morgan fingerprint density at radius 3 is 2.39 bits per heavy atom. The van der Waals surface area contributed by atoms with Crippen LogP contribution in [-0.2, 0) is 11.2 Å². The van der Waals surface area contributed by atoms with E-state index in [1.807, 2.05) is 24.3 Å². The Kier molecular flexibility index (Phi) is 7.75. The number of halogens is 2. The number of benzene rings is 1. The third-order valence-electron chi connectivity index (χ3n) is 2.84. The van der Waals surface area contributed by atoms with Gasteiger partial charge in [-0.1, -0.05) is 12.1 Å². The second-order valence-corrected chi connectivity index (χ2v) is 4.14. The maximum atomic E-state index is 11.5. The van der Waals surface area contributed by atoms with E-state index >= 15 is 0 Å². The number of carbonyl (C=O) groups excluding carboxylic acids is 1. The van der Waals surface area contributed by atoms with Crippen LogP contribution in [0.2, 0.25) is 0 Å². The smallest absolute Gasteiger partial charge is 0.225 e. The third kappa shape index (κ3) is 4.72. The van der Waals surface area contributed by atoms with Crippen molar-refractivity contribution in [1.82, 2.24) is 10.6 Å². The van der Waals surface area contributed by atoms with E-state index < -0.39 is 0 Å². The first-order valence-electron chi connectivity index (χ1n) is 5.58. The predicted octanol–water partition coefficient (Wildman–Crippen LogP) is 0.991. The molecule has 0 bridgehead atoms. The normalized spacial score (nSPS) is 13.8. The van der Waals surface area contributed by atoms with Gasteiger partial charge >= 0.3 is 0 Å². The molecular formula is C12H19Cl2N3O. The minimum atomic E-state index is 0. The molecule has 0 aromatic heterocycles. The molecule has 6 heteroatoms. The van der Waals surface area contributed by atoms with Crippen molar-refractivity contribution in [2.75, 3.05) is 25.4 Å². The van der Waals surface area contributed by atoms with Crippen LogP contribution in [0.15, 0.2) is 24.3 Å². The van der Waals surface area contributed by atoms with Gasteiger partial charge in [-0.15, -0.1) is 24.8 Å². The fourth-order valence-corrected chi connectivity index (χ4v) is 1.63. The minimum absolute atomic E-state index is 0. The molecule has 1 aromatic rings.